The number of hydrogen-bond donors (Lipinski definition) is 0. The Morgan fingerprint density at radius 1 is 1.26 bits per heavy atom. The van der Waals surface area contributed by atoms with Gasteiger partial charge in [-0.1, -0.05) is 29.5 Å². The molecule has 0 spiro atoms. The van der Waals surface area contributed by atoms with Crippen molar-refractivity contribution in [3.8, 4) is 0 Å². The molecule has 1 aromatic carbocycles. The molecule has 3 aromatic rings. The molecule has 6 nitrogen and oxygen atoms in total. The molecule has 2 aromatic heterocycles. The lowest BCUT2D eigenvalue weighted by molar-refractivity contribution is -0.115. The van der Waals surface area contributed by atoms with Crippen LogP contribution in [0, 0.1) is 13.8 Å². The highest BCUT2D eigenvalue weighted by molar-refractivity contribution is 7.98. The van der Waals surface area contributed by atoms with Gasteiger partial charge in [-0.25, -0.2) is 4.98 Å². The van der Waals surface area contributed by atoms with Gasteiger partial charge in [-0.3, -0.25) is 9.69 Å². The number of nitrogens with zero attached hydrogens (tertiary/aromatic N) is 4. The van der Waals surface area contributed by atoms with E-state index in [1.807, 2.05) is 37.6 Å². The second-order valence-electron chi connectivity index (χ2n) is 5.95. The summed E-state index contributed by atoms with van der Waals surface area (Å²) in [5.74, 6) is 1.88. The number of anilines is 2. The molecular weight excluding hydrogens is 400 g/mol. The average molecular weight is 421 g/mol. The zero-order valence-corrected chi connectivity index (χ0v) is 18.0. The first-order valence-electron chi connectivity index (χ1n) is 8.24. The zero-order chi connectivity index (χ0) is 19.4. The molecule has 0 atom stereocenters. The number of thiazole rings is 1. The van der Waals surface area contributed by atoms with Gasteiger partial charge in [0.15, 0.2) is 5.13 Å². The molecule has 0 fully saturated rings. The molecule has 3 rings (SSSR count). The van der Waals surface area contributed by atoms with Gasteiger partial charge in [0.2, 0.25) is 11.8 Å². The Hall–Kier alpha value is -1.84. The van der Waals surface area contributed by atoms with E-state index in [2.05, 4.69) is 21.2 Å². The van der Waals surface area contributed by atoms with Crippen molar-refractivity contribution in [2.24, 2.45) is 0 Å². The highest BCUT2D eigenvalue weighted by Crippen LogP contribution is 2.33. The Labute approximate surface area is 170 Å². The first kappa shape index (κ1) is 19.9. The van der Waals surface area contributed by atoms with E-state index in [1.165, 1.54) is 23.1 Å². The molecule has 27 heavy (non-hydrogen) atoms. The van der Waals surface area contributed by atoms with Crippen LogP contribution in [0.5, 0.6) is 0 Å². The summed E-state index contributed by atoms with van der Waals surface area (Å²) in [6.07, 6.45) is 1.99. The normalized spacial score (nSPS) is 11.0. The quantitative estimate of drug-likeness (QED) is 0.499. The van der Waals surface area contributed by atoms with Gasteiger partial charge in [0.05, 0.1) is 17.1 Å². The third kappa shape index (κ3) is 4.91. The van der Waals surface area contributed by atoms with Gasteiger partial charge in [0, 0.05) is 18.1 Å². The van der Waals surface area contributed by atoms with Crippen molar-refractivity contribution in [3.63, 3.8) is 0 Å². The molecule has 1 amide bonds. The summed E-state index contributed by atoms with van der Waals surface area (Å²) in [5, 5.41) is 11.2. The molecule has 0 saturated heterocycles. The summed E-state index contributed by atoms with van der Waals surface area (Å²) < 4.78 is 5.57. The number of hydrogen-bond acceptors (Lipinski definition) is 8. The fraction of sp³-hybridized carbons (Fsp3) is 0.333. The Balaban J connectivity index is 1.74. The number of rotatable bonds is 7. The second kappa shape index (κ2) is 8.90. The van der Waals surface area contributed by atoms with E-state index in [0.29, 0.717) is 27.8 Å². The van der Waals surface area contributed by atoms with Crippen molar-refractivity contribution < 1.29 is 9.21 Å². The maximum atomic E-state index is 12.3. The Morgan fingerprint density at radius 3 is 2.78 bits per heavy atom. The summed E-state index contributed by atoms with van der Waals surface area (Å²) in [6, 6.07) is 6.04. The van der Waals surface area contributed by atoms with E-state index in [1.54, 1.807) is 23.6 Å². The van der Waals surface area contributed by atoms with Gasteiger partial charge in [-0.15, -0.1) is 21.5 Å². The lowest BCUT2D eigenvalue weighted by Gasteiger charge is -2.20. The lowest BCUT2D eigenvalue weighted by atomic mass is 10.1. The molecular formula is C18H20N4O2S3. The highest BCUT2D eigenvalue weighted by Gasteiger charge is 2.20. The van der Waals surface area contributed by atoms with Crippen LogP contribution in [0.25, 0.3) is 0 Å². The van der Waals surface area contributed by atoms with Crippen LogP contribution in [0.3, 0.4) is 0 Å². The fourth-order valence-corrected chi connectivity index (χ4v) is 4.56. The summed E-state index contributed by atoms with van der Waals surface area (Å²) in [5.41, 5.74) is 3.95. The SMILES string of the molecule is CSCc1nnc(SCc2csc(N(C(C)=O)c3ccc(C)cc3C)n2)o1. The largest absolute Gasteiger partial charge is 0.415 e. The Bertz CT molecular complexity index is 938. The van der Waals surface area contributed by atoms with E-state index < -0.39 is 0 Å². The molecule has 0 aliphatic carbocycles. The van der Waals surface area contributed by atoms with Crippen molar-refractivity contribution in [2.45, 2.75) is 37.5 Å². The number of carbonyl (C=O) groups excluding carboxylic acids is 1. The molecule has 0 radical (unpaired) electrons. The van der Waals surface area contributed by atoms with Crippen molar-refractivity contribution in [1.29, 1.82) is 0 Å². The maximum absolute atomic E-state index is 12.3. The Morgan fingerprint density at radius 2 is 2.07 bits per heavy atom. The third-order valence-electron chi connectivity index (χ3n) is 3.70. The molecule has 0 bridgehead atoms. The number of amides is 1. The van der Waals surface area contributed by atoms with Crippen LogP contribution < -0.4 is 4.90 Å². The van der Waals surface area contributed by atoms with Gasteiger partial charge in [0.25, 0.3) is 5.22 Å². The Kier molecular flexibility index (Phi) is 6.56. The molecule has 0 aliphatic heterocycles. The molecule has 0 N–H and O–H groups in total. The summed E-state index contributed by atoms with van der Waals surface area (Å²) in [7, 11) is 0. The van der Waals surface area contributed by atoms with Crippen molar-refractivity contribution in [3.05, 3.63) is 46.3 Å². The minimum absolute atomic E-state index is 0.0610. The summed E-state index contributed by atoms with van der Waals surface area (Å²) >= 11 is 4.54. The monoisotopic (exact) mass is 420 g/mol. The van der Waals surface area contributed by atoms with E-state index in [-0.39, 0.29) is 5.91 Å². The summed E-state index contributed by atoms with van der Waals surface area (Å²) in [4.78, 5) is 18.6. The first-order valence-corrected chi connectivity index (χ1v) is 11.5. The second-order valence-corrected chi connectivity index (χ2v) is 8.58. The predicted octanol–water partition coefficient (Wildman–Crippen LogP) is 4.98. The van der Waals surface area contributed by atoms with Crippen molar-refractivity contribution >= 4 is 51.6 Å². The number of aromatic nitrogens is 3. The molecule has 9 heteroatoms. The standard InChI is InChI=1S/C18H20N4O2S3/c1-11-5-6-15(12(2)7-11)22(13(3)23)17-19-14(8-26-17)9-27-18-21-20-16(24-18)10-25-4/h5-8H,9-10H2,1-4H3. The van der Waals surface area contributed by atoms with Crippen LogP contribution in [-0.4, -0.2) is 27.3 Å². The molecule has 0 unspecified atom stereocenters. The van der Waals surface area contributed by atoms with E-state index >= 15 is 0 Å². The van der Waals surface area contributed by atoms with Crippen LogP contribution in [-0.2, 0) is 16.3 Å². The number of carbonyl (C=O) groups is 1. The smallest absolute Gasteiger partial charge is 0.276 e. The minimum atomic E-state index is -0.0610. The molecule has 2 heterocycles. The third-order valence-corrected chi connectivity index (χ3v) is 5.96. The van der Waals surface area contributed by atoms with Gasteiger partial charge in [0.1, 0.15) is 0 Å². The first-order chi connectivity index (χ1) is 13.0. The van der Waals surface area contributed by atoms with Crippen molar-refractivity contribution in [1.82, 2.24) is 15.2 Å². The van der Waals surface area contributed by atoms with Crippen LogP contribution >= 0.6 is 34.9 Å². The average Bonchev–Trinajstić information content (AvgIpc) is 3.25. The fourth-order valence-electron chi connectivity index (χ4n) is 2.54. The molecule has 0 saturated carbocycles. The van der Waals surface area contributed by atoms with Crippen LogP contribution in [0.2, 0.25) is 0 Å². The molecule has 142 valence electrons. The zero-order valence-electron chi connectivity index (χ0n) is 15.6. The minimum Gasteiger partial charge on any atom is -0.415 e. The number of thioether (sulfide) groups is 2. The summed E-state index contributed by atoms with van der Waals surface area (Å²) in [6.45, 7) is 5.60. The van der Waals surface area contributed by atoms with Gasteiger partial charge >= 0.3 is 0 Å². The predicted molar refractivity (Wildman–Crippen MR) is 112 cm³/mol. The van der Waals surface area contributed by atoms with E-state index in [9.17, 15) is 4.79 Å². The van der Waals surface area contributed by atoms with Gasteiger partial charge < -0.3 is 4.42 Å². The molecule has 0 aliphatic rings. The van der Waals surface area contributed by atoms with E-state index in [0.717, 1.165) is 22.5 Å². The highest BCUT2D eigenvalue weighted by atomic mass is 32.2. The van der Waals surface area contributed by atoms with Gasteiger partial charge in [-0.05, 0) is 31.7 Å². The van der Waals surface area contributed by atoms with Crippen LogP contribution in [0.1, 0.15) is 29.6 Å². The number of benzene rings is 1. The van der Waals surface area contributed by atoms with Gasteiger partial charge in [-0.2, -0.15) is 11.8 Å². The lowest BCUT2D eigenvalue weighted by Crippen LogP contribution is -2.23. The van der Waals surface area contributed by atoms with Crippen LogP contribution in [0.15, 0.2) is 33.2 Å². The van der Waals surface area contributed by atoms with Crippen LogP contribution in [0.4, 0.5) is 10.8 Å². The van der Waals surface area contributed by atoms with Crippen molar-refractivity contribution in [2.75, 3.05) is 11.2 Å². The number of aryl methyl sites for hydroxylation is 2. The topological polar surface area (TPSA) is 72.1 Å². The van der Waals surface area contributed by atoms with E-state index in [4.69, 9.17) is 4.42 Å². The maximum Gasteiger partial charge on any atom is 0.276 e.